The summed E-state index contributed by atoms with van der Waals surface area (Å²) in [6.07, 6.45) is 0.539. The molecule has 0 bridgehead atoms. The molecule has 0 aliphatic carbocycles. The molecule has 0 radical (unpaired) electrons. The van der Waals surface area contributed by atoms with Crippen LogP contribution in [0, 0.1) is 0 Å². The van der Waals surface area contributed by atoms with Gasteiger partial charge in [0.2, 0.25) is 0 Å². The SMILES string of the molecule is Cn1nc(N)c(N(CCCO)Cc2ccccc2)c(Cl)c1=O. The second-order valence-electron chi connectivity index (χ2n) is 4.96. The highest BCUT2D eigenvalue weighted by molar-refractivity contribution is 6.33. The fourth-order valence-corrected chi connectivity index (χ4v) is 2.58. The second kappa shape index (κ2) is 7.29. The molecule has 0 aliphatic heterocycles. The highest BCUT2D eigenvalue weighted by Crippen LogP contribution is 2.29. The van der Waals surface area contributed by atoms with Crippen molar-refractivity contribution in [3.63, 3.8) is 0 Å². The van der Waals surface area contributed by atoms with Gasteiger partial charge in [-0.15, -0.1) is 0 Å². The van der Waals surface area contributed by atoms with Gasteiger partial charge in [-0.25, -0.2) is 4.68 Å². The minimum absolute atomic E-state index is 0.0427. The molecular formula is C15H19ClN4O2. The highest BCUT2D eigenvalue weighted by atomic mass is 35.5. The van der Waals surface area contributed by atoms with E-state index in [1.807, 2.05) is 35.2 Å². The first kappa shape index (κ1) is 16.3. The number of anilines is 2. The first-order valence-electron chi connectivity index (χ1n) is 6.96. The largest absolute Gasteiger partial charge is 0.396 e. The first-order chi connectivity index (χ1) is 10.5. The summed E-state index contributed by atoms with van der Waals surface area (Å²) in [5.41, 5.74) is 7.03. The number of aromatic nitrogens is 2. The standard InChI is InChI=1S/C15H19ClN4O2/c1-19-15(22)12(16)13(14(17)18-19)20(8-5-9-21)10-11-6-3-2-4-7-11/h2-4,6-7,21H,5,8-10H2,1H3,(H2,17,18). The van der Waals surface area contributed by atoms with Gasteiger partial charge >= 0.3 is 0 Å². The molecule has 0 fully saturated rings. The van der Waals surface area contributed by atoms with Gasteiger partial charge < -0.3 is 15.7 Å². The van der Waals surface area contributed by atoms with Crippen LogP contribution in [-0.2, 0) is 13.6 Å². The van der Waals surface area contributed by atoms with E-state index in [0.717, 1.165) is 10.2 Å². The van der Waals surface area contributed by atoms with Crippen LogP contribution in [0.5, 0.6) is 0 Å². The Hall–Kier alpha value is -2.05. The van der Waals surface area contributed by atoms with Gasteiger partial charge in [0.05, 0.1) is 0 Å². The lowest BCUT2D eigenvalue weighted by atomic mass is 10.2. The van der Waals surface area contributed by atoms with Crippen molar-refractivity contribution in [1.82, 2.24) is 9.78 Å². The summed E-state index contributed by atoms with van der Waals surface area (Å²) in [7, 11) is 1.50. The molecule has 0 spiro atoms. The number of benzene rings is 1. The molecule has 118 valence electrons. The molecule has 3 N–H and O–H groups in total. The van der Waals surface area contributed by atoms with Crippen LogP contribution in [0.4, 0.5) is 11.5 Å². The van der Waals surface area contributed by atoms with Gasteiger partial charge in [-0.1, -0.05) is 41.9 Å². The predicted octanol–water partition coefficient (Wildman–Crippen LogP) is 1.40. The highest BCUT2D eigenvalue weighted by Gasteiger charge is 2.19. The van der Waals surface area contributed by atoms with E-state index in [0.29, 0.717) is 25.2 Å². The number of hydrogen-bond donors (Lipinski definition) is 2. The Bertz CT molecular complexity index is 688. The third-order valence-corrected chi connectivity index (χ3v) is 3.65. The summed E-state index contributed by atoms with van der Waals surface area (Å²) >= 11 is 6.19. The maximum Gasteiger partial charge on any atom is 0.287 e. The van der Waals surface area contributed by atoms with Gasteiger partial charge in [0.15, 0.2) is 5.82 Å². The number of halogens is 1. The molecule has 2 rings (SSSR count). The fourth-order valence-electron chi connectivity index (χ4n) is 2.25. The Morgan fingerprint density at radius 2 is 2.05 bits per heavy atom. The van der Waals surface area contributed by atoms with Crippen LogP contribution in [0.3, 0.4) is 0 Å². The summed E-state index contributed by atoms with van der Waals surface area (Å²) in [6.45, 7) is 1.09. The topological polar surface area (TPSA) is 84.4 Å². The van der Waals surface area contributed by atoms with Crippen molar-refractivity contribution in [2.24, 2.45) is 7.05 Å². The molecule has 0 amide bonds. The lowest BCUT2D eigenvalue weighted by Crippen LogP contribution is -2.31. The van der Waals surface area contributed by atoms with E-state index in [4.69, 9.17) is 22.4 Å². The lowest BCUT2D eigenvalue weighted by molar-refractivity contribution is 0.289. The minimum Gasteiger partial charge on any atom is -0.396 e. The molecule has 0 aliphatic rings. The molecule has 0 saturated carbocycles. The zero-order valence-corrected chi connectivity index (χ0v) is 13.1. The zero-order chi connectivity index (χ0) is 16.1. The number of nitrogens with two attached hydrogens (primary N) is 1. The summed E-state index contributed by atoms with van der Waals surface area (Å²) in [4.78, 5) is 13.9. The van der Waals surface area contributed by atoms with Crippen molar-refractivity contribution in [3.8, 4) is 0 Å². The van der Waals surface area contributed by atoms with Gasteiger partial charge in [0.25, 0.3) is 5.56 Å². The van der Waals surface area contributed by atoms with Crippen molar-refractivity contribution >= 4 is 23.1 Å². The number of hydrogen-bond acceptors (Lipinski definition) is 5. The van der Waals surface area contributed by atoms with Crippen LogP contribution in [0.2, 0.25) is 5.02 Å². The van der Waals surface area contributed by atoms with Gasteiger partial charge in [-0.3, -0.25) is 4.79 Å². The van der Waals surface area contributed by atoms with E-state index in [9.17, 15) is 4.79 Å². The van der Waals surface area contributed by atoms with Gasteiger partial charge in [-0.2, -0.15) is 5.10 Å². The van der Waals surface area contributed by atoms with Crippen LogP contribution in [0.15, 0.2) is 35.1 Å². The molecule has 1 heterocycles. The molecular weight excluding hydrogens is 304 g/mol. The average molecular weight is 323 g/mol. The number of nitrogen functional groups attached to an aromatic ring is 1. The minimum atomic E-state index is -0.395. The van der Waals surface area contributed by atoms with Crippen molar-refractivity contribution in [3.05, 3.63) is 51.3 Å². The molecule has 0 unspecified atom stereocenters. The number of nitrogens with zero attached hydrogens (tertiary/aromatic N) is 3. The van der Waals surface area contributed by atoms with Crippen molar-refractivity contribution in [1.29, 1.82) is 0 Å². The maximum absolute atomic E-state index is 12.0. The van der Waals surface area contributed by atoms with Crippen LogP contribution >= 0.6 is 11.6 Å². The van der Waals surface area contributed by atoms with Gasteiger partial charge in [0, 0.05) is 26.7 Å². The summed E-state index contributed by atoms with van der Waals surface area (Å²) in [5, 5.41) is 13.1. The summed E-state index contributed by atoms with van der Waals surface area (Å²) < 4.78 is 1.12. The van der Waals surface area contributed by atoms with Crippen molar-refractivity contribution in [2.45, 2.75) is 13.0 Å². The summed E-state index contributed by atoms with van der Waals surface area (Å²) in [5.74, 6) is 0.195. The Kier molecular flexibility index (Phi) is 5.41. The van der Waals surface area contributed by atoms with Crippen LogP contribution in [-0.4, -0.2) is 28.0 Å². The number of rotatable bonds is 6. The molecule has 6 nitrogen and oxygen atoms in total. The third kappa shape index (κ3) is 3.58. The Morgan fingerprint density at radius 1 is 1.36 bits per heavy atom. The lowest BCUT2D eigenvalue weighted by Gasteiger charge is -2.26. The van der Waals surface area contributed by atoms with Gasteiger partial charge in [0.1, 0.15) is 10.7 Å². The molecule has 7 heteroatoms. The van der Waals surface area contributed by atoms with E-state index in [-0.39, 0.29) is 17.4 Å². The normalized spacial score (nSPS) is 10.7. The number of aliphatic hydroxyl groups is 1. The van der Waals surface area contributed by atoms with Gasteiger partial charge in [-0.05, 0) is 12.0 Å². The quantitative estimate of drug-likeness (QED) is 0.840. The maximum atomic E-state index is 12.0. The summed E-state index contributed by atoms with van der Waals surface area (Å²) in [6, 6.07) is 9.76. The zero-order valence-electron chi connectivity index (χ0n) is 12.4. The van der Waals surface area contributed by atoms with E-state index in [1.54, 1.807) is 0 Å². The Morgan fingerprint density at radius 3 is 2.68 bits per heavy atom. The average Bonchev–Trinajstić information content (AvgIpc) is 2.51. The Balaban J connectivity index is 2.41. The number of aliphatic hydroxyl groups excluding tert-OH is 1. The third-order valence-electron chi connectivity index (χ3n) is 3.31. The van der Waals surface area contributed by atoms with Crippen LogP contribution in [0.1, 0.15) is 12.0 Å². The van der Waals surface area contributed by atoms with Crippen LogP contribution in [0.25, 0.3) is 0 Å². The predicted molar refractivity (Wildman–Crippen MR) is 88.1 cm³/mol. The molecule has 0 atom stereocenters. The molecule has 1 aromatic heterocycles. The molecule has 22 heavy (non-hydrogen) atoms. The Labute approximate surface area is 133 Å². The van der Waals surface area contributed by atoms with E-state index in [1.165, 1.54) is 7.05 Å². The van der Waals surface area contributed by atoms with Crippen molar-refractivity contribution < 1.29 is 5.11 Å². The smallest absolute Gasteiger partial charge is 0.287 e. The molecule has 0 saturated heterocycles. The van der Waals surface area contributed by atoms with E-state index >= 15 is 0 Å². The van der Waals surface area contributed by atoms with E-state index < -0.39 is 5.56 Å². The molecule has 2 aromatic rings. The monoisotopic (exact) mass is 322 g/mol. The first-order valence-corrected chi connectivity index (χ1v) is 7.34. The molecule has 1 aromatic carbocycles. The van der Waals surface area contributed by atoms with Crippen molar-refractivity contribution in [2.75, 3.05) is 23.8 Å². The van der Waals surface area contributed by atoms with Crippen LogP contribution < -0.4 is 16.2 Å². The second-order valence-corrected chi connectivity index (χ2v) is 5.34. The fraction of sp³-hybridized carbons (Fsp3) is 0.333. The number of aryl methyl sites for hydroxylation is 1. The van der Waals surface area contributed by atoms with E-state index in [2.05, 4.69) is 5.10 Å².